The van der Waals surface area contributed by atoms with E-state index in [-0.39, 0.29) is 34.9 Å². The number of ether oxygens (including phenoxy) is 2. The van der Waals surface area contributed by atoms with Crippen LogP contribution in [0.4, 0.5) is 0 Å². The summed E-state index contributed by atoms with van der Waals surface area (Å²) in [4.78, 5) is 25.8. The molecule has 0 bridgehead atoms. The highest BCUT2D eigenvalue weighted by Gasteiger charge is 2.84. The van der Waals surface area contributed by atoms with E-state index < -0.39 is 30.0 Å². The third-order valence-electron chi connectivity index (χ3n) is 8.95. The van der Waals surface area contributed by atoms with E-state index in [9.17, 15) is 19.8 Å². The number of hydrogen-bond donors (Lipinski definition) is 2. The van der Waals surface area contributed by atoms with Crippen LogP contribution in [0, 0.1) is 22.7 Å². The number of Topliss-reactive ketones (excluding diaryl/α,β-unsaturated/α-hetero) is 2. The van der Waals surface area contributed by atoms with Crippen molar-refractivity contribution in [3.8, 4) is 0 Å². The molecule has 3 aliphatic carbocycles. The number of carbonyl (C=O) groups excluding carboxylic acids is 2. The number of epoxide rings is 2. The predicted molar refractivity (Wildman–Crippen MR) is 99.4 cm³/mol. The molecule has 0 unspecified atom stereocenters. The summed E-state index contributed by atoms with van der Waals surface area (Å²) in [5.41, 5.74) is -1.53. The average molecular weight is 390 g/mol. The highest BCUT2D eigenvalue weighted by atomic mass is 16.7. The third-order valence-corrected chi connectivity index (χ3v) is 8.95. The average Bonchev–Trinajstić information content (AvgIpc) is 3.57. The number of ketones is 2. The fraction of sp³-hybridized carbons (Fsp3) is 0.818. The second-order valence-corrected chi connectivity index (χ2v) is 10.3. The van der Waals surface area contributed by atoms with Crippen molar-refractivity contribution >= 4 is 11.6 Å². The minimum Gasteiger partial charge on any atom is -0.396 e. The number of fused-ring (bicyclic) bond motifs is 3. The lowest BCUT2D eigenvalue weighted by Crippen LogP contribution is -2.55. The molecule has 2 N–H and O–H groups in total. The van der Waals surface area contributed by atoms with Crippen LogP contribution in [0.15, 0.2) is 12.2 Å². The summed E-state index contributed by atoms with van der Waals surface area (Å²) >= 11 is 0. The minimum atomic E-state index is -1.35. The molecule has 28 heavy (non-hydrogen) atoms. The van der Waals surface area contributed by atoms with Crippen molar-refractivity contribution in [2.24, 2.45) is 22.7 Å². The van der Waals surface area contributed by atoms with E-state index in [4.69, 9.17) is 9.47 Å². The zero-order valence-electron chi connectivity index (χ0n) is 16.7. The molecular weight excluding hydrogens is 360 g/mol. The van der Waals surface area contributed by atoms with Gasteiger partial charge in [0.05, 0.1) is 6.61 Å². The first-order valence-electron chi connectivity index (χ1n) is 10.5. The summed E-state index contributed by atoms with van der Waals surface area (Å²) in [6.07, 6.45) is 3.76. The maximum absolute atomic E-state index is 13.1. The van der Waals surface area contributed by atoms with Gasteiger partial charge in [0.1, 0.15) is 0 Å². The first kappa shape index (κ1) is 18.9. The van der Waals surface area contributed by atoms with Crippen LogP contribution in [0.1, 0.15) is 52.4 Å². The Balaban J connectivity index is 1.46. The molecule has 3 saturated carbocycles. The van der Waals surface area contributed by atoms with Gasteiger partial charge in [-0.25, -0.2) is 0 Å². The maximum Gasteiger partial charge on any atom is 0.202 e. The molecule has 0 aromatic rings. The van der Waals surface area contributed by atoms with Gasteiger partial charge >= 0.3 is 0 Å². The molecule has 2 saturated heterocycles. The van der Waals surface area contributed by atoms with E-state index in [1.54, 1.807) is 0 Å². The molecule has 2 aliphatic heterocycles. The summed E-state index contributed by atoms with van der Waals surface area (Å²) in [6.45, 7) is 8.49. The summed E-state index contributed by atoms with van der Waals surface area (Å²) < 4.78 is 11.2. The van der Waals surface area contributed by atoms with Crippen LogP contribution in [0.5, 0.6) is 0 Å². The van der Waals surface area contributed by atoms with Gasteiger partial charge in [0.25, 0.3) is 0 Å². The highest BCUT2D eigenvalue weighted by Crippen LogP contribution is 2.65. The molecule has 5 rings (SSSR count). The van der Waals surface area contributed by atoms with Gasteiger partial charge in [-0.2, -0.15) is 0 Å². The van der Waals surface area contributed by atoms with E-state index in [0.717, 1.165) is 37.7 Å². The zero-order chi connectivity index (χ0) is 20.1. The fourth-order valence-electron chi connectivity index (χ4n) is 7.11. The summed E-state index contributed by atoms with van der Waals surface area (Å²) in [6, 6.07) is 0. The Morgan fingerprint density at radius 3 is 2.36 bits per heavy atom. The van der Waals surface area contributed by atoms with Crippen molar-refractivity contribution in [3.63, 3.8) is 0 Å². The van der Waals surface area contributed by atoms with Gasteiger partial charge in [-0.1, -0.05) is 32.4 Å². The quantitative estimate of drug-likeness (QED) is 0.558. The number of aliphatic hydroxyl groups excluding tert-OH is 2. The molecular formula is C22H30O6. The number of rotatable bonds is 4. The van der Waals surface area contributed by atoms with Gasteiger partial charge in [0.15, 0.2) is 29.2 Å². The second-order valence-electron chi connectivity index (χ2n) is 10.3. The van der Waals surface area contributed by atoms with Gasteiger partial charge in [-0.3, -0.25) is 9.59 Å². The van der Waals surface area contributed by atoms with E-state index in [1.807, 2.05) is 0 Å². The molecule has 5 fully saturated rings. The lowest BCUT2D eigenvalue weighted by molar-refractivity contribution is -0.131. The summed E-state index contributed by atoms with van der Waals surface area (Å²) in [7, 11) is 0. The molecule has 0 aromatic carbocycles. The lowest BCUT2D eigenvalue weighted by atomic mass is 9.46. The molecule has 0 aromatic heterocycles. The Labute approximate surface area is 165 Å². The smallest absolute Gasteiger partial charge is 0.202 e. The SMILES string of the molecule is C=C1CC[C@H]2[C@](C)(CO)CCC[C@]2(C)[C@H]1C[C@@]12O[C@@H]1C(=O)[C@]1(CO)O[C@@H]1C2=O. The van der Waals surface area contributed by atoms with Crippen LogP contribution in [-0.2, 0) is 19.1 Å². The molecule has 0 spiro atoms. The van der Waals surface area contributed by atoms with Crippen molar-refractivity contribution in [2.75, 3.05) is 13.2 Å². The first-order chi connectivity index (χ1) is 13.2. The van der Waals surface area contributed by atoms with E-state index >= 15 is 0 Å². The molecule has 6 heteroatoms. The minimum absolute atomic E-state index is 0.0690. The van der Waals surface area contributed by atoms with E-state index in [0.29, 0.717) is 12.3 Å². The Kier molecular flexibility index (Phi) is 3.74. The first-order valence-corrected chi connectivity index (χ1v) is 10.5. The highest BCUT2D eigenvalue weighted by molar-refractivity contribution is 6.16. The summed E-state index contributed by atoms with van der Waals surface area (Å²) in [5.74, 6) is -0.0533. The Bertz CT molecular complexity index is 777. The van der Waals surface area contributed by atoms with E-state index in [1.165, 1.54) is 0 Å². The van der Waals surface area contributed by atoms with Gasteiger partial charge in [0, 0.05) is 6.61 Å². The van der Waals surface area contributed by atoms with Crippen molar-refractivity contribution in [3.05, 3.63) is 12.2 Å². The Morgan fingerprint density at radius 2 is 1.68 bits per heavy atom. The monoisotopic (exact) mass is 390 g/mol. The van der Waals surface area contributed by atoms with Crippen LogP contribution >= 0.6 is 0 Å². The van der Waals surface area contributed by atoms with Crippen molar-refractivity contribution in [1.29, 1.82) is 0 Å². The molecule has 6 nitrogen and oxygen atoms in total. The standard InChI is InChI=1S/C22H30O6/c1-12-5-6-14-19(2,10-23)7-4-8-20(14,3)13(12)9-21-15(25)18-22(11-24,28-18)16(26)17(21)27-21/h13-14,17-18,23-24H,1,4-11H2,2-3H3/t13-,14-,17+,18+,19-,20+,21-,22-/m0/s1. The van der Waals surface area contributed by atoms with Crippen LogP contribution in [0.25, 0.3) is 0 Å². The normalized spacial score (nSPS) is 54.6. The molecule has 154 valence electrons. The predicted octanol–water partition coefficient (Wildman–Crippen LogP) is 1.57. The molecule has 8 atom stereocenters. The van der Waals surface area contributed by atoms with Crippen molar-refractivity contribution in [2.45, 2.75) is 75.8 Å². The van der Waals surface area contributed by atoms with Gasteiger partial charge < -0.3 is 19.7 Å². The van der Waals surface area contributed by atoms with E-state index in [2.05, 4.69) is 20.4 Å². The number of allylic oxidation sites excluding steroid dienone is 1. The second kappa shape index (κ2) is 5.54. The molecule has 0 radical (unpaired) electrons. The summed E-state index contributed by atoms with van der Waals surface area (Å²) in [5, 5.41) is 19.7. The number of aliphatic hydroxyl groups is 2. The third kappa shape index (κ3) is 2.07. The van der Waals surface area contributed by atoms with Gasteiger partial charge in [-0.15, -0.1) is 0 Å². The van der Waals surface area contributed by atoms with Gasteiger partial charge in [-0.05, 0) is 54.8 Å². The zero-order valence-corrected chi connectivity index (χ0v) is 16.7. The molecule has 0 amide bonds. The van der Waals surface area contributed by atoms with Crippen LogP contribution in [-0.4, -0.2) is 58.4 Å². The number of carbonyl (C=O) groups is 2. The van der Waals surface area contributed by atoms with Crippen molar-refractivity contribution < 1.29 is 29.3 Å². The van der Waals surface area contributed by atoms with Crippen LogP contribution < -0.4 is 0 Å². The molecule has 2 heterocycles. The molecule has 5 aliphatic rings. The van der Waals surface area contributed by atoms with Crippen LogP contribution in [0.3, 0.4) is 0 Å². The van der Waals surface area contributed by atoms with Crippen molar-refractivity contribution in [1.82, 2.24) is 0 Å². The maximum atomic E-state index is 13.1. The van der Waals surface area contributed by atoms with Gasteiger partial charge in [0.2, 0.25) is 5.78 Å². The largest absolute Gasteiger partial charge is 0.396 e. The Hall–Kier alpha value is -1.08. The van der Waals surface area contributed by atoms with Crippen LogP contribution in [0.2, 0.25) is 0 Å². The Morgan fingerprint density at radius 1 is 1.04 bits per heavy atom. The fourth-order valence-corrected chi connectivity index (χ4v) is 7.11. The number of hydrogen-bond acceptors (Lipinski definition) is 6. The lowest BCUT2D eigenvalue weighted by Gasteiger charge is -2.58. The topological polar surface area (TPSA) is 99.7 Å².